The zero-order valence-electron chi connectivity index (χ0n) is 13.2. The van der Waals surface area contributed by atoms with Crippen molar-refractivity contribution in [2.75, 3.05) is 5.75 Å². The molecule has 2 aromatic rings. The summed E-state index contributed by atoms with van der Waals surface area (Å²) in [5.41, 5.74) is 0.986. The molecule has 2 heterocycles. The molecule has 0 saturated carbocycles. The topological polar surface area (TPSA) is 33.2 Å². The summed E-state index contributed by atoms with van der Waals surface area (Å²) in [4.78, 5) is 19.2. The van der Waals surface area contributed by atoms with E-state index >= 15 is 0 Å². The zero-order valence-corrected chi connectivity index (χ0v) is 14.0. The highest BCUT2D eigenvalue weighted by molar-refractivity contribution is 7.99. The van der Waals surface area contributed by atoms with Crippen molar-refractivity contribution in [2.24, 2.45) is 0 Å². The smallest absolute Gasteiger partial charge is 0.233 e. The number of benzene rings is 1. The van der Waals surface area contributed by atoms with Gasteiger partial charge in [0.25, 0.3) is 0 Å². The minimum absolute atomic E-state index is 0.236. The first-order valence-corrected chi connectivity index (χ1v) is 8.93. The van der Waals surface area contributed by atoms with Crippen LogP contribution in [0.3, 0.4) is 0 Å². The number of rotatable bonds is 3. The van der Waals surface area contributed by atoms with Gasteiger partial charge in [-0.1, -0.05) is 36.0 Å². The first-order valence-electron chi connectivity index (χ1n) is 7.95. The van der Waals surface area contributed by atoms with E-state index in [4.69, 9.17) is 0 Å². The highest BCUT2D eigenvalue weighted by atomic mass is 32.2. The Kier molecular flexibility index (Phi) is 4.67. The Morgan fingerprint density at radius 1 is 1.18 bits per heavy atom. The number of aromatic nitrogens is 1. The molecule has 0 aliphatic carbocycles. The average Bonchev–Trinajstić information content (AvgIpc) is 2.52. The first-order chi connectivity index (χ1) is 10.6. The van der Waals surface area contributed by atoms with Crippen LogP contribution < -0.4 is 0 Å². The van der Waals surface area contributed by atoms with Gasteiger partial charge in [-0.3, -0.25) is 4.79 Å². The van der Waals surface area contributed by atoms with E-state index in [1.165, 1.54) is 18.2 Å². The molecular formula is C18H22N2OS. The number of hydrogen-bond acceptors (Lipinski definition) is 3. The van der Waals surface area contributed by atoms with Crippen molar-refractivity contribution < 1.29 is 4.79 Å². The Hall–Kier alpha value is -1.55. The van der Waals surface area contributed by atoms with Gasteiger partial charge in [0.1, 0.15) is 0 Å². The third-order valence-electron chi connectivity index (χ3n) is 4.40. The Balaban J connectivity index is 1.66. The number of pyridine rings is 1. The molecule has 1 amide bonds. The molecule has 3 rings (SSSR count). The zero-order chi connectivity index (χ0) is 15.5. The number of para-hydroxylation sites is 1. The summed E-state index contributed by atoms with van der Waals surface area (Å²) >= 11 is 1.54. The lowest BCUT2D eigenvalue weighted by molar-refractivity contribution is -0.134. The van der Waals surface area contributed by atoms with Gasteiger partial charge in [0, 0.05) is 17.5 Å². The maximum atomic E-state index is 12.5. The summed E-state index contributed by atoms with van der Waals surface area (Å²) in [5.74, 6) is 0.708. The lowest BCUT2D eigenvalue weighted by Gasteiger charge is -2.39. The van der Waals surface area contributed by atoms with Crippen molar-refractivity contribution in [1.29, 1.82) is 0 Å². The second-order valence-electron chi connectivity index (χ2n) is 6.06. The Morgan fingerprint density at radius 3 is 2.68 bits per heavy atom. The predicted molar refractivity (Wildman–Crippen MR) is 92.1 cm³/mol. The molecule has 0 radical (unpaired) electrons. The SMILES string of the molecule is CC1CCCC(C)N1C(=O)CSc1ccc2ccccc2n1. The highest BCUT2D eigenvalue weighted by Gasteiger charge is 2.28. The van der Waals surface area contributed by atoms with Crippen LogP contribution >= 0.6 is 11.8 Å². The lowest BCUT2D eigenvalue weighted by Crippen LogP contribution is -2.48. The summed E-state index contributed by atoms with van der Waals surface area (Å²) in [7, 11) is 0. The largest absolute Gasteiger partial charge is 0.337 e. The van der Waals surface area contributed by atoms with Crippen LogP contribution in [-0.4, -0.2) is 33.6 Å². The summed E-state index contributed by atoms with van der Waals surface area (Å²) in [6.07, 6.45) is 3.47. The van der Waals surface area contributed by atoms with Crippen LogP contribution in [0.2, 0.25) is 0 Å². The minimum atomic E-state index is 0.236. The van der Waals surface area contributed by atoms with E-state index in [0.29, 0.717) is 17.8 Å². The molecule has 0 N–H and O–H groups in total. The van der Waals surface area contributed by atoms with Gasteiger partial charge in [-0.25, -0.2) is 4.98 Å². The number of amides is 1. The maximum absolute atomic E-state index is 12.5. The van der Waals surface area contributed by atoms with Crippen molar-refractivity contribution in [2.45, 2.75) is 50.2 Å². The molecule has 1 aromatic carbocycles. The van der Waals surface area contributed by atoms with Gasteiger partial charge in [0.15, 0.2) is 0 Å². The number of thioether (sulfide) groups is 1. The van der Waals surface area contributed by atoms with E-state index < -0.39 is 0 Å². The first kappa shape index (κ1) is 15.3. The van der Waals surface area contributed by atoms with E-state index in [1.807, 2.05) is 24.3 Å². The lowest BCUT2D eigenvalue weighted by atomic mass is 9.98. The normalized spacial score (nSPS) is 22.0. The van der Waals surface area contributed by atoms with E-state index in [9.17, 15) is 4.79 Å². The molecule has 1 aliphatic heterocycles. The van der Waals surface area contributed by atoms with Crippen LogP contribution in [0.25, 0.3) is 10.9 Å². The molecule has 3 nitrogen and oxygen atoms in total. The minimum Gasteiger partial charge on any atom is -0.337 e. The summed E-state index contributed by atoms with van der Waals surface area (Å²) in [6.45, 7) is 4.32. The number of piperidine rings is 1. The molecule has 0 bridgehead atoms. The Morgan fingerprint density at radius 2 is 1.91 bits per heavy atom. The van der Waals surface area contributed by atoms with E-state index in [-0.39, 0.29) is 5.91 Å². The quantitative estimate of drug-likeness (QED) is 0.799. The van der Waals surface area contributed by atoms with Gasteiger partial charge in [-0.15, -0.1) is 0 Å². The number of nitrogens with zero attached hydrogens (tertiary/aromatic N) is 2. The van der Waals surface area contributed by atoms with Crippen molar-refractivity contribution >= 4 is 28.6 Å². The number of carbonyl (C=O) groups is 1. The molecule has 1 saturated heterocycles. The number of likely N-dealkylation sites (tertiary alicyclic amines) is 1. The standard InChI is InChI=1S/C18H22N2OS/c1-13-6-5-7-14(2)20(13)18(21)12-22-17-11-10-15-8-3-4-9-16(15)19-17/h3-4,8-11,13-14H,5-7,12H2,1-2H3. The third-order valence-corrected chi connectivity index (χ3v) is 5.31. The molecule has 1 aliphatic rings. The van der Waals surface area contributed by atoms with Crippen LogP contribution in [0.1, 0.15) is 33.1 Å². The monoisotopic (exact) mass is 314 g/mol. The molecule has 2 atom stereocenters. The van der Waals surface area contributed by atoms with Crippen molar-refractivity contribution in [3.8, 4) is 0 Å². The molecule has 22 heavy (non-hydrogen) atoms. The molecule has 1 aromatic heterocycles. The van der Waals surface area contributed by atoms with Gasteiger partial charge >= 0.3 is 0 Å². The molecule has 0 spiro atoms. The Labute approximate surface area is 136 Å². The fourth-order valence-electron chi connectivity index (χ4n) is 3.25. The highest BCUT2D eigenvalue weighted by Crippen LogP contribution is 2.25. The summed E-state index contributed by atoms with van der Waals surface area (Å²) < 4.78 is 0. The van der Waals surface area contributed by atoms with Crippen LogP contribution in [0.15, 0.2) is 41.4 Å². The Bertz CT molecular complexity index is 663. The average molecular weight is 314 g/mol. The second kappa shape index (κ2) is 6.69. The number of hydrogen-bond donors (Lipinski definition) is 0. The molecular weight excluding hydrogens is 292 g/mol. The van der Waals surface area contributed by atoms with Gasteiger partial charge in [-0.05, 0) is 45.2 Å². The van der Waals surface area contributed by atoms with Gasteiger partial charge in [-0.2, -0.15) is 0 Å². The van der Waals surface area contributed by atoms with Crippen LogP contribution in [-0.2, 0) is 4.79 Å². The number of carbonyl (C=O) groups excluding carboxylic acids is 1. The van der Waals surface area contributed by atoms with Crippen LogP contribution in [0.4, 0.5) is 0 Å². The van der Waals surface area contributed by atoms with Gasteiger partial charge in [0.2, 0.25) is 5.91 Å². The van der Waals surface area contributed by atoms with Gasteiger partial charge in [0.05, 0.1) is 16.3 Å². The van der Waals surface area contributed by atoms with Crippen molar-refractivity contribution in [1.82, 2.24) is 9.88 Å². The van der Waals surface area contributed by atoms with Gasteiger partial charge < -0.3 is 4.90 Å². The molecule has 2 unspecified atom stereocenters. The van der Waals surface area contributed by atoms with Crippen molar-refractivity contribution in [3.63, 3.8) is 0 Å². The van der Waals surface area contributed by atoms with E-state index in [2.05, 4.69) is 35.9 Å². The second-order valence-corrected chi connectivity index (χ2v) is 7.06. The van der Waals surface area contributed by atoms with Crippen LogP contribution in [0.5, 0.6) is 0 Å². The summed E-state index contributed by atoms with van der Waals surface area (Å²) in [6, 6.07) is 12.9. The summed E-state index contributed by atoms with van der Waals surface area (Å²) in [5, 5.41) is 2.06. The number of fused-ring (bicyclic) bond motifs is 1. The fraction of sp³-hybridized carbons (Fsp3) is 0.444. The van der Waals surface area contributed by atoms with E-state index in [1.54, 1.807) is 0 Å². The third kappa shape index (κ3) is 3.27. The molecule has 116 valence electrons. The van der Waals surface area contributed by atoms with E-state index in [0.717, 1.165) is 28.8 Å². The predicted octanol–water partition coefficient (Wildman–Crippen LogP) is 4.12. The molecule has 4 heteroatoms. The fourth-order valence-corrected chi connectivity index (χ4v) is 4.00. The van der Waals surface area contributed by atoms with Crippen molar-refractivity contribution in [3.05, 3.63) is 36.4 Å². The maximum Gasteiger partial charge on any atom is 0.233 e. The van der Waals surface area contributed by atoms with Crippen LogP contribution in [0, 0.1) is 0 Å². The molecule has 1 fully saturated rings.